The molecule has 90 valence electrons. The molecule has 0 spiro atoms. The van der Waals surface area contributed by atoms with Crippen molar-refractivity contribution in [3.63, 3.8) is 0 Å². The topological polar surface area (TPSA) is 72.0 Å². The van der Waals surface area contributed by atoms with Crippen LogP contribution in [-0.4, -0.2) is 21.9 Å². The highest BCUT2D eigenvalue weighted by Crippen LogP contribution is 2.35. The Morgan fingerprint density at radius 2 is 2.17 bits per heavy atom. The monoisotopic (exact) mass is 281 g/mol. The van der Waals surface area contributed by atoms with Crippen molar-refractivity contribution in [3.8, 4) is 0 Å². The molecule has 0 aliphatic carbocycles. The zero-order valence-electron chi connectivity index (χ0n) is 8.64. The minimum absolute atomic E-state index is 0.0686. The van der Waals surface area contributed by atoms with Gasteiger partial charge in [-0.3, -0.25) is 9.59 Å². The highest BCUT2D eigenvalue weighted by molar-refractivity contribution is 8.01. The molecule has 1 aromatic carbocycles. The number of nitrogens with zero attached hydrogens (tertiary/aromatic N) is 2. The molecule has 5 nitrogen and oxygen atoms in total. The second kappa shape index (κ2) is 4.14. The summed E-state index contributed by atoms with van der Waals surface area (Å²) in [5.74, 6) is -2.00. The molecule has 1 N–H and O–H groups in total. The summed E-state index contributed by atoms with van der Waals surface area (Å²) in [6.45, 7) is 0. The average Bonchev–Trinajstić information content (AvgIpc) is 2.92. The molecular weight excluding hydrogens is 277 g/mol. The van der Waals surface area contributed by atoms with Crippen LogP contribution in [0.3, 0.4) is 0 Å². The van der Waals surface area contributed by atoms with Crippen LogP contribution in [0.1, 0.15) is 10.4 Å². The molecule has 18 heavy (non-hydrogen) atoms. The summed E-state index contributed by atoms with van der Waals surface area (Å²) in [6.07, 6.45) is 0. The van der Waals surface area contributed by atoms with Gasteiger partial charge in [-0.25, -0.2) is 4.39 Å². The summed E-state index contributed by atoms with van der Waals surface area (Å²) in [7, 11) is 0. The summed E-state index contributed by atoms with van der Waals surface area (Å²) in [5.41, 5.74) is 1.94. The fraction of sp³-hybridized carbons (Fsp3) is 0. The van der Waals surface area contributed by atoms with Gasteiger partial charge in [-0.2, -0.15) is 0 Å². The molecule has 0 unspecified atom stereocenters. The van der Waals surface area contributed by atoms with Crippen LogP contribution in [0.25, 0.3) is 0 Å². The molecule has 0 bridgehead atoms. The number of nitrogens with one attached hydrogen (secondary N) is 1. The highest BCUT2D eigenvalue weighted by Gasteiger charge is 2.29. The Morgan fingerprint density at radius 3 is 2.89 bits per heavy atom. The number of rotatable bonds is 2. The van der Waals surface area contributed by atoms with Crippen molar-refractivity contribution in [1.29, 1.82) is 0 Å². The van der Waals surface area contributed by atoms with E-state index in [-0.39, 0.29) is 5.56 Å². The number of hydrogen-bond donors (Lipinski definition) is 1. The van der Waals surface area contributed by atoms with Crippen LogP contribution < -0.4 is 5.32 Å². The van der Waals surface area contributed by atoms with Crippen molar-refractivity contribution < 1.29 is 14.0 Å². The average molecular weight is 281 g/mol. The second-order valence-corrected chi connectivity index (χ2v) is 5.54. The summed E-state index contributed by atoms with van der Waals surface area (Å²) < 4.78 is 14.4. The van der Waals surface area contributed by atoms with Gasteiger partial charge in [0, 0.05) is 0 Å². The van der Waals surface area contributed by atoms with Crippen LogP contribution in [0.4, 0.5) is 10.1 Å². The van der Waals surface area contributed by atoms with Crippen LogP contribution in [0.5, 0.6) is 0 Å². The number of Topliss-reactive ketones (excluding diaryl/α,β-unsaturated/α-hetero) is 1. The number of aromatic nitrogens is 2. The number of amides is 1. The van der Waals surface area contributed by atoms with Crippen LogP contribution in [-0.2, 0) is 4.79 Å². The number of carbonyl (C=O) groups excluding carboxylic acids is 2. The summed E-state index contributed by atoms with van der Waals surface area (Å²) in [5, 5.41) is 9.83. The minimum Gasteiger partial charge on any atom is -0.318 e. The molecule has 1 aliphatic heterocycles. The Bertz CT molecular complexity index is 657. The number of carbonyl (C=O) groups is 2. The lowest BCUT2D eigenvalue weighted by Gasteiger charge is -2.03. The third kappa shape index (κ3) is 1.79. The number of hydrogen-bond acceptors (Lipinski definition) is 6. The maximum Gasteiger partial charge on any atom is 0.296 e. The van der Waals surface area contributed by atoms with Crippen LogP contribution in [0.15, 0.2) is 26.9 Å². The Hall–Kier alpha value is -1.80. The molecule has 1 aromatic heterocycles. The summed E-state index contributed by atoms with van der Waals surface area (Å²) in [6, 6.07) is 2.50. The molecule has 3 rings (SSSR count). The predicted molar refractivity (Wildman–Crippen MR) is 63.4 cm³/mol. The number of benzene rings is 1. The van der Waals surface area contributed by atoms with E-state index in [1.807, 2.05) is 0 Å². The molecule has 0 saturated heterocycles. The molecule has 0 saturated carbocycles. The molecule has 1 aliphatic rings. The first-order valence-corrected chi connectivity index (χ1v) is 6.48. The van der Waals surface area contributed by atoms with Crippen LogP contribution >= 0.6 is 23.1 Å². The maximum atomic E-state index is 13.8. The zero-order valence-corrected chi connectivity index (χ0v) is 10.3. The first-order valence-electron chi connectivity index (χ1n) is 4.78. The molecule has 2 heterocycles. The van der Waals surface area contributed by atoms with Crippen molar-refractivity contribution in [2.45, 2.75) is 9.24 Å². The number of halogens is 1. The Kier molecular flexibility index (Phi) is 2.60. The van der Waals surface area contributed by atoms with Gasteiger partial charge >= 0.3 is 0 Å². The number of fused-ring (bicyclic) bond motifs is 1. The van der Waals surface area contributed by atoms with Crippen molar-refractivity contribution in [2.75, 3.05) is 5.32 Å². The van der Waals surface area contributed by atoms with E-state index in [4.69, 9.17) is 0 Å². The van der Waals surface area contributed by atoms with Gasteiger partial charge in [-0.15, -0.1) is 10.2 Å². The normalized spacial score (nSPS) is 13.6. The van der Waals surface area contributed by atoms with Crippen molar-refractivity contribution in [3.05, 3.63) is 29.0 Å². The van der Waals surface area contributed by atoms with Crippen LogP contribution in [0, 0.1) is 5.82 Å². The van der Waals surface area contributed by atoms with E-state index in [2.05, 4.69) is 15.5 Å². The SMILES string of the molecule is O=C1Nc2cc(Sc3nncs3)c(F)cc2C1=O. The van der Waals surface area contributed by atoms with Crippen molar-refractivity contribution in [1.82, 2.24) is 10.2 Å². The fourth-order valence-corrected chi connectivity index (χ4v) is 3.00. The molecular formula is C10H4FN3O2S2. The molecule has 8 heteroatoms. The predicted octanol–water partition coefficient (Wildman–Crippen LogP) is 1.96. The fourth-order valence-electron chi connectivity index (χ4n) is 1.53. The van der Waals surface area contributed by atoms with Gasteiger partial charge in [0.05, 0.1) is 16.1 Å². The van der Waals surface area contributed by atoms with E-state index < -0.39 is 17.5 Å². The van der Waals surface area contributed by atoms with Gasteiger partial charge in [0.2, 0.25) is 0 Å². The van der Waals surface area contributed by atoms with Crippen LogP contribution in [0.2, 0.25) is 0 Å². The molecule has 0 atom stereocenters. The lowest BCUT2D eigenvalue weighted by Crippen LogP contribution is -2.12. The quantitative estimate of drug-likeness (QED) is 0.852. The number of ketones is 1. The third-order valence-corrected chi connectivity index (χ3v) is 4.12. The Morgan fingerprint density at radius 1 is 1.33 bits per heavy atom. The summed E-state index contributed by atoms with van der Waals surface area (Å²) >= 11 is 2.38. The van der Waals surface area contributed by atoms with Crippen molar-refractivity contribution in [2.24, 2.45) is 0 Å². The van der Waals surface area contributed by atoms with E-state index in [0.29, 0.717) is 14.9 Å². The van der Waals surface area contributed by atoms with Gasteiger partial charge in [0.25, 0.3) is 11.7 Å². The molecule has 1 amide bonds. The lowest BCUT2D eigenvalue weighted by atomic mass is 10.1. The Labute approximate surface area is 108 Å². The first-order chi connectivity index (χ1) is 8.65. The lowest BCUT2D eigenvalue weighted by molar-refractivity contribution is -0.112. The first kappa shape index (κ1) is 11.3. The smallest absolute Gasteiger partial charge is 0.296 e. The van der Waals surface area contributed by atoms with Gasteiger partial charge in [0.1, 0.15) is 11.3 Å². The van der Waals surface area contributed by atoms with E-state index >= 15 is 0 Å². The number of anilines is 1. The molecule has 0 radical (unpaired) electrons. The van der Waals surface area contributed by atoms with Crippen molar-refractivity contribution >= 4 is 40.5 Å². The molecule has 0 fully saturated rings. The van der Waals surface area contributed by atoms with E-state index in [1.54, 1.807) is 5.51 Å². The molecule has 2 aromatic rings. The van der Waals surface area contributed by atoms with Gasteiger partial charge in [-0.1, -0.05) is 23.1 Å². The zero-order chi connectivity index (χ0) is 12.7. The van der Waals surface area contributed by atoms with Gasteiger partial charge < -0.3 is 5.32 Å². The summed E-state index contributed by atoms with van der Waals surface area (Å²) in [4.78, 5) is 22.8. The largest absolute Gasteiger partial charge is 0.318 e. The minimum atomic E-state index is -0.734. The Balaban J connectivity index is 2.01. The van der Waals surface area contributed by atoms with Gasteiger partial charge in [0.15, 0.2) is 4.34 Å². The third-order valence-electron chi connectivity index (χ3n) is 2.31. The standard InChI is InChI=1S/C10H4FN3O2S2/c11-5-1-4-6(13-9(16)8(4)15)2-7(5)18-10-14-12-3-17-10/h1-3H,(H,13,15,16). The highest BCUT2D eigenvalue weighted by atomic mass is 32.2. The maximum absolute atomic E-state index is 13.8. The van der Waals surface area contributed by atoms with E-state index in [0.717, 1.165) is 17.8 Å². The van der Waals surface area contributed by atoms with Gasteiger partial charge in [-0.05, 0) is 12.1 Å². The van der Waals surface area contributed by atoms with E-state index in [1.165, 1.54) is 17.4 Å². The second-order valence-electron chi connectivity index (χ2n) is 3.42. The van der Waals surface area contributed by atoms with E-state index in [9.17, 15) is 14.0 Å².